The lowest BCUT2D eigenvalue weighted by Gasteiger charge is -2.14. The van der Waals surface area contributed by atoms with Crippen LogP contribution in [0.3, 0.4) is 0 Å². The maximum atomic E-state index is 6.16. The Kier molecular flexibility index (Phi) is 7.24. The van der Waals surface area contributed by atoms with E-state index in [4.69, 9.17) is 11.6 Å². The van der Waals surface area contributed by atoms with Crippen molar-refractivity contribution in [3.05, 3.63) is 34.9 Å². The molecule has 1 heterocycles. The SMILES string of the molecule is CN=C(NCCCc1ccccc1Cl)NCC1CCCS1. The van der Waals surface area contributed by atoms with Gasteiger partial charge in [0.1, 0.15) is 0 Å². The lowest BCUT2D eigenvalue weighted by molar-refractivity contribution is 0.710. The minimum atomic E-state index is 0.742. The third kappa shape index (κ3) is 5.79. The van der Waals surface area contributed by atoms with E-state index in [0.717, 1.165) is 42.2 Å². The summed E-state index contributed by atoms with van der Waals surface area (Å²) in [5, 5.41) is 8.38. The molecule has 1 unspecified atom stereocenters. The number of aryl methyl sites for hydroxylation is 1. The molecule has 1 fully saturated rings. The number of nitrogens with one attached hydrogen (secondary N) is 2. The molecule has 1 aromatic rings. The molecule has 3 nitrogen and oxygen atoms in total. The van der Waals surface area contributed by atoms with E-state index in [1.54, 1.807) is 0 Å². The summed E-state index contributed by atoms with van der Waals surface area (Å²) in [5.41, 5.74) is 1.21. The predicted molar refractivity (Wildman–Crippen MR) is 94.6 cm³/mol. The number of halogens is 1. The molecule has 0 aromatic heterocycles. The Morgan fingerprint density at radius 1 is 1.38 bits per heavy atom. The quantitative estimate of drug-likeness (QED) is 0.478. The van der Waals surface area contributed by atoms with E-state index < -0.39 is 0 Å². The van der Waals surface area contributed by atoms with Gasteiger partial charge in [-0.05, 0) is 43.1 Å². The second kappa shape index (κ2) is 9.21. The van der Waals surface area contributed by atoms with E-state index in [1.165, 1.54) is 24.2 Å². The number of aliphatic imine (C=N–C) groups is 1. The van der Waals surface area contributed by atoms with Crippen LogP contribution < -0.4 is 10.6 Å². The second-order valence-electron chi connectivity index (χ2n) is 5.21. The Hall–Kier alpha value is -0.870. The first kappa shape index (κ1) is 16.5. The van der Waals surface area contributed by atoms with Crippen LogP contribution in [0.25, 0.3) is 0 Å². The van der Waals surface area contributed by atoms with Crippen LogP contribution in [-0.2, 0) is 6.42 Å². The van der Waals surface area contributed by atoms with Gasteiger partial charge in [0.25, 0.3) is 0 Å². The molecule has 21 heavy (non-hydrogen) atoms. The van der Waals surface area contributed by atoms with Gasteiger partial charge in [-0.25, -0.2) is 0 Å². The van der Waals surface area contributed by atoms with Crippen molar-refractivity contribution in [1.29, 1.82) is 0 Å². The number of hydrogen-bond acceptors (Lipinski definition) is 2. The molecular formula is C16H24ClN3S. The Balaban J connectivity index is 1.63. The molecular weight excluding hydrogens is 302 g/mol. The normalized spacial score (nSPS) is 18.8. The Bertz CT molecular complexity index is 459. The molecule has 0 saturated carbocycles. The number of guanidine groups is 1. The molecule has 1 atom stereocenters. The van der Waals surface area contributed by atoms with Gasteiger partial charge in [0.2, 0.25) is 0 Å². The molecule has 0 radical (unpaired) electrons. The van der Waals surface area contributed by atoms with Crippen LogP contribution in [0, 0.1) is 0 Å². The number of rotatable bonds is 6. The molecule has 2 N–H and O–H groups in total. The molecule has 0 bridgehead atoms. The number of hydrogen-bond donors (Lipinski definition) is 2. The molecule has 116 valence electrons. The van der Waals surface area contributed by atoms with Crippen LogP contribution in [0.2, 0.25) is 5.02 Å². The van der Waals surface area contributed by atoms with Gasteiger partial charge in [0, 0.05) is 30.4 Å². The topological polar surface area (TPSA) is 36.4 Å². The molecule has 1 aromatic carbocycles. The Labute approximate surface area is 136 Å². The largest absolute Gasteiger partial charge is 0.356 e. The van der Waals surface area contributed by atoms with Crippen molar-refractivity contribution in [3.63, 3.8) is 0 Å². The predicted octanol–water partition coefficient (Wildman–Crippen LogP) is 3.33. The first-order chi connectivity index (χ1) is 10.3. The third-order valence-electron chi connectivity index (χ3n) is 3.62. The summed E-state index contributed by atoms with van der Waals surface area (Å²) < 4.78 is 0. The summed E-state index contributed by atoms with van der Waals surface area (Å²) in [6.45, 7) is 1.91. The number of thioether (sulfide) groups is 1. The van der Waals surface area contributed by atoms with Crippen LogP contribution in [-0.4, -0.2) is 37.1 Å². The minimum absolute atomic E-state index is 0.742. The maximum absolute atomic E-state index is 6.16. The molecule has 0 amide bonds. The summed E-state index contributed by atoms with van der Waals surface area (Å²) in [6.07, 6.45) is 4.70. The van der Waals surface area contributed by atoms with Gasteiger partial charge in [0.15, 0.2) is 5.96 Å². The van der Waals surface area contributed by atoms with Gasteiger partial charge >= 0.3 is 0 Å². The van der Waals surface area contributed by atoms with Crippen molar-refractivity contribution in [3.8, 4) is 0 Å². The Morgan fingerprint density at radius 3 is 2.95 bits per heavy atom. The Morgan fingerprint density at radius 2 is 2.24 bits per heavy atom. The van der Waals surface area contributed by atoms with Gasteiger partial charge in [-0.1, -0.05) is 29.8 Å². The fraction of sp³-hybridized carbons (Fsp3) is 0.562. The molecule has 1 saturated heterocycles. The summed E-state index contributed by atoms with van der Waals surface area (Å²) in [6, 6.07) is 8.04. The van der Waals surface area contributed by atoms with Gasteiger partial charge in [-0.2, -0.15) is 11.8 Å². The summed E-state index contributed by atoms with van der Waals surface area (Å²) in [5.74, 6) is 2.21. The van der Waals surface area contributed by atoms with Crippen LogP contribution in [0.15, 0.2) is 29.3 Å². The van der Waals surface area contributed by atoms with E-state index in [2.05, 4.69) is 33.5 Å². The average Bonchev–Trinajstić information content (AvgIpc) is 3.01. The van der Waals surface area contributed by atoms with E-state index in [9.17, 15) is 0 Å². The van der Waals surface area contributed by atoms with E-state index in [0.29, 0.717) is 0 Å². The fourth-order valence-corrected chi connectivity index (χ4v) is 3.85. The van der Waals surface area contributed by atoms with Gasteiger partial charge in [0.05, 0.1) is 0 Å². The smallest absolute Gasteiger partial charge is 0.191 e. The zero-order chi connectivity index (χ0) is 14.9. The molecule has 1 aliphatic heterocycles. The van der Waals surface area contributed by atoms with E-state index in [1.807, 2.05) is 25.2 Å². The molecule has 5 heteroatoms. The minimum Gasteiger partial charge on any atom is -0.356 e. The van der Waals surface area contributed by atoms with E-state index >= 15 is 0 Å². The highest BCUT2D eigenvalue weighted by Crippen LogP contribution is 2.25. The first-order valence-corrected chi connectivity index (χ1v) is 9.02. The zero-order valence-electron chi connectivity index (χ0n) is 12.6. The number of nitrogens with zero attached hydrogens (tertiary/aromatic N) is 1. The van der Waals surface area contributed by atoms with Crippen molar-refractivity contribution in [2.24, 2.45) is 4.99 Å². The summed E-state index contributed by atoms with van der Waals surface area (Å²) >= 11 is 8.22. The zero-order valence-corrected chi connectivity index (χ0v) is 14.1. The first-order valence-electron chi connectivity index (χ1n) is 7.59. The van der Waals surface area contributed by atoms with Gasteiger partial charge in [-0.3, -0.25) is 4.99 Å². The standard InChI is InChI=1S/C16H24ClN3S/c1-18-16(20-12-14-8-5-11-21-14)19-10-4-7-13-6-2-3-9-15(13)17/h2-3,6,9,14H,4-5,7-8,10-12H2,1H3,(H2,18,19,20). The highest BCUT2D eigenvalue weighted by Gasteiger charge is 2.15. The van der Waals surface area contributed by atoms with Crippen LogP contribution in [0.4, 0.5) is 0 Å². The van der Waals surface area contributed by atoms with Crippen LogP contribution in [0.1, 0.15) is 24.8 Å². The third-order valence-corrected chi connectivity index (χ3v) is 5.38. The van der Waals surface area contributed by atoms with Crippen molar-refractivity contribution < 1.29 is 0 Å². The fourth-order valence-electron chi connectivity index (χ4n) is 2.42. The van der Waals surface area contributed by atoms with E-state index in [-0.39, 0.29) is 0 Å². The maximum Gasteiger partial charge on any atom is 0.191 e. The second-order valence-corrected chi connectivity index (χ2v) is 7.03. The van der Waals surface area contributed by atoms with Crippen molar-refractivity contribution in [1.82, 2.24) is 10.6 Å². The average molecular weight is 326 g/mol. The summed E-state index contributed by atoms with van der Waals surface area (Å²) in [4.78, 5) is 4.27. The molecule has 0 spiro atoms. The summed E-state index contributed by atoms with van der Waals surface area (Å²) in [7, 11) is 1.82. The monoisotopic (exact) mass is 325 g/mol. The van der Waals surface area contributed by atoms with Crippen LogP contribution >= 0.6 is 23.4 Å². The van der Waals surface area contributed by atoms with Crippen molar-refractivity contribution in [2.45, 2.75) is 30.9 Å². The van der Waals surface area contributed by atoms with Gasteiger partial charge < -0.3 is 10.6 Å². The van der Waals surface area contributed by atoms with Crippen molar-refractivity contribution in [2.75, 3.05) is 25.9 Å². The molecule has 1 aliphatic rings. The lowest BCUT2D eigenvalue weighted by atomic mass is 10.1. The highest BCUT2D eigenvalue weighted by atomic mass is 35.5. The van der Waals surface area contributed by atoms with Gasteiger partial charge in [-0.15, -0.1) is 0 Å². The van der Waals surface area contributed by atoms with Crippen LogP contribution in [0.5, 0.6) is 0 Å². The molecule has 2 rings (SSSR count). The highest BCUT2D eigenvalue weighted by molar-refractivity contribution is 8.00. The van der Waals surface area contributed by atoms with Crippen molar-refractivity contribution >= 4 is 29.3 Å². The molecule has 0 aliphatic carbocycles. The lowest BCUT2D eigenvalue weighted by Crippen LogP contribution is -2.40. The number of benzene rings is 1.